The van der Waals surface area contributed by atoms with Gasteiger partial charge in [0.25, 0.3) is 0 Å². The zero-order valence-electron chi connectivity index (χ0n) is 2.95. The molecular weight excluding hydrogens is 156 g/mol. The summed E-state index contributed by atoms with van der Waals surface area (Å²) in [4.78, 5) is 9.96. The first-order chi connectivity index (χ1) is 3.39. The van der Waals surface area contributed by atoms with Crippen molar-refractivity contribution in [3.63, 3.8) is 0 Å². The minimum Gasteiger partial charge on any atom is -0.320 e. The van der Waals surface area contributed by atoms with Crippen molar-refractivity contribution in [3.8, 4) is 0 Å². The summed E-state index contributed by atoms with van der Waals surface area (Å²) in [6, 6.07) is 0. The highest BCUT2D eigenvalue weighted by Gasteiger charge is 1.79. The summed E-state index contributed by atoms with van der Waals surface area (Å²) in [5.74, 6) is -0.631. The molecular formula is CO3S3. The maximum atomic E-state index is 9.96. The molecule has 0 aliphatic carbocycles. The first-order valence-electron chi connectivity index (χ1n) is 1.28. The normalized spacial score (nSPS) is 8.57. The molecule has 0 fully saturated rings. The molecule has 0 bridgehead atoms. The minimum absolute atomic E-state index is 0.631. The minimum atomic E-state index is -0.631. The fraction of sp³-hybridized carbons (Fsp3) is 0. The molecule has 0 radical (unpaired) electrons. The maximum absolute atomic E-state index is 9.96. The average Bonchev–Trinajstić information content (AvgIpc) is 1.69. The van der Waals surface area contributed by atoms with E-state index in [1.165, 1.54) is 9.34 Å². The molecule has 1 aromatic rings. The van der Waals surface area contributed by atoms with Crippen LogP contribution in [0.3, 0.4) is 0 Å². The van der Waals surface area contributed by atoms with Gasteiger partial charge in [-0.2, -0.15) is 0 Å². The van der Waals surface area contributed by atoms with Crippen molar-refractivity contribution in [2.75, 3.05) is 0 Å². The summed E-state index contributed by atoms with van der Waals surface area (Å²) in [6.07, 6.45) is 0. The summed E-state index contributed by atoms with van der Waals surface area (Å²) in [5.41, 5.74) is 0. The second-order valence-corrected chi connectivity index (χ2v) is 3.81. The molecule has 7 heavy (non-hydrogen) atoms. The van der Waals surface area contributed by atoms with E-state index in [2.05, 4.69) is 7.70 Å². The molecule has 1 aromatic heterocycles. The van der Waals surface area contributed by atoms with Crippen molar-refractivity contribution in [1.29, 1.82) is 0 Å². The van der Waals surface area contributed by atoms with E-state index in [1.54, 1.807) is 0 Å². The lowest BCUT2D eigenvalue weighted by molar-refractivity contribution is 0.440. The van der Waals surface area contributed by atoms with Crippen molar-refractivity contribution in [1.82, 2.24) is 0 Å². The molecule has 0 atom stereocenters. The fourth-order valence-corrected chi connectivity index (χ4v) is 1.68. The van der Waals surface area contributed by atoms with Gasteiger partial charge in [0.1, 0.15) is 21.3 Å². The third-order valence-corrected chi connectivity index (χ3v) is 2.52. The summed E-state index contributed by atoms with van der Waals surface area (Å²) in [7, 11) is 3.28. The van der Waals surface area contributed by atoms with Crippen molar-refractivity contribution in [3.05, 3.63) is 10.6 Å². The van der Waals surface area contributed by atoms with E-state index in [1.807, 2.05) is 0 Å². The highest BCUT2D eigenvalue weighted by atomic mass is 33.2. The van der Waals surface area contributed by atoms with E-state index < -0.39 is 5.82 Å². The van der Waals surface area contributed by atoms with Gasteiger partial charge in [-0.3, -0.25) is 0 Å². The van der Waals surface area contributed by atoms with Gasteiger partial charge >= 0.3 is 5.82 Å². The van der Waals surface area contributed by atoms with Crippen LogP contribution in [0.25, 0.3) is 0 Å². The van der Waals surface area contributed by atoms with Crippen LogP contribution in [0.15, 0.2) is 12.5 Å². The number of rotatable bonds is 0. The molecule has 0 saturated heterocycles. The highest BCUT2D eigenvalue weighted by molar-refractivity contribution is 7.90. The molecule has 6 heteroatoms. The molecule has 0 unspecified atom stereocenters. The Morgan fingerprint density at radius 2 is 1.86 bits per heavy atom. The van der Waals surface area contributed by atoms with Crippen molar-refractivity contribution < 1.29 is 7.70 Å². The second kappa shape index (κ2) is 2.29. The van der Waals surface area contributed by atoms with Crippen molar-refractivity contribution in [2.45, 2.75) is 0 Å². The maximum Gasteiger partial charge on any atom is 0.544 e. The van der Waals surface area contributed by atoms with Crippen LogP contribution in [0.4, 0.5) is 0 Å². The lowest BCUT2D eigenvalue weighted by Gasteiger charge is -1.68. The lowest BCUT2D eigenvalue weighted by Crippen LogP contribution is -1.86. The molecule has 0 N–H and O–H groups in total. The van der Waals surface area contributed by atoms with E-state index in [0.29, 0.717) is 0 Å². The van der Waals surface area contributed by atoms with Crippen LogP contribution in [-0.2, 0) is 0 Å². The third-order valence-electron chi connectivity index (χ3n) is 0.260. The Labute approximate surface area is 49.4 Å². The Kier molecular flexibility index (Phi) is 1.66. The number of hydrogen-bond acceptors (Lipinski definition) is 6. The summed E-state index contributed by atoms with van der Waals surface area (Å²) >= 11 is 0. The zero-order valence-corrected chi connectivity index (χ0v) is 5.40. The Morgan fingerprint density at radius 1 is 1.29 bits per heavy atom. The van der Waals surface area contributed by atoms with Gasteiger partial charge in [-0.1, -0.05) is 0 Å². The van der Waals surface area contributed by atoms with E-state index in [4.69, 9.17) is 0 Å². The quantitative estimate of drug-likeness (QED) is 0.535. The molecule has 0 aliphatic rings. The van der Waals surface area contributed by atoms with Crippen LogP contribution >= 0.6 is 30.6 Å². The van der Waals surface area contributed by atoms with Crippen molar-refractivity contribution in [2.24, 2.45) is 0 Å². The van der Waals surface area contributed by atoms with E-state index in [9.17, 15) is 4.79 Å². The lowest BCUT2D eigenvalue weighted by atomic mass is 11.6. The molecule has 3 nitrogen and oxygen atoms in total. The van der Waals surface area contributed by atoms with E-state index in [0.717, 1.165) is 21.3 Å². The van der Waals surface area contributed by atoms with E-state index >= 15 is 0 Å². The van der Waals surface area contributed by atoms with E-state index in [-0.39, 0.29) is 0 Å². The van der Waals surface area contributed by atoms with Crippen LogP contribution in [0.5, 0.6) is 0 Å². The Hall–Kier alpha value is -0.0700. The second-order valence-electron chi connectivity index (χ2n) is 0.621. The smallest absolute Gasteiger partial charge is 0.320 e. The largest absolute Gasteiger partial charge is 0.544 e. The van der Waals surface area contributed by atoms with Gasteiger partial charge in [0.15, 0.2) is 0 Å². The van der Waals surface area contributed by atoms with Crippen LogP contribution in [0, 0.1) is 0 Å². The Morgan fingerprint density at radius 3 is 2.14 bits per heavy atom. The van der Waals surface area contributed by atoms with Crippen LogP contribution in [0.2, 0.25) is 0 Å². The average molecular weight is 156 g/mol. The molecule has 0 saturated carbocycles. The fourth-order valence-electron chi connectivity index (χ4n) is 0.109. The third kappa shape index (κ3) is 1.46. The monoisotopic (exact) mass is 156 g/mol. The van der Waals surface area contributed by atoms with Gasteiger partial charge in [0.05, 0.1) is 9.34 Å². The Balaban J connectivity index is 3.28. The zero-order chi connectivity index (χ0) is 5.11. The predicted molar refractivity (Wildman–Crippen MR) is 28.5 cm³/mol. The molecule has 0 aliphatic heterocycles. The molecule has 0 spiro atoms. The molecule has 1 heterocycles. The van der Waals surface area contributed by atoms with Crippen LogP contribution in [-0.4, -0.2) is 0 Å². The van der Waals surface area contributed by atoms with Crippen molar-refractivity contribution >= 4 is 30.6 Å². The summed E-state index contributed by atoms with van der Waals surface area (Å²) in [6.45, 7) is 0. The van der Waals surface area contributed by atoms with Gasteiger partial charge in [-0.05, 0) is 0 Å². The van der Waals surface area contributed by atoms with Crippen LogP contribution < -0.4 is 5.82 Å². The summed E-state index contributed by atoms with van der Waals surface area (Å²) in [5, 5.41) is 0. The van der Waals surface area contributed by atoms with Gasteiger partial charge in [-0.25, -0.2) is 4.79 Å². The molecule has 1 rings (SSSR count). The standard InChI is InChI=1S/CO3S3/c2-1-3-5-7-6-4-1. The molecule has 40 valence electrons. The van der Waals surface area contributed by atoms with Gasteiger partial charge in [0.2, 0.25) is 0 Å². The topological polar surface area (TPSA) is 43.4 Å². The SMILES string of the molecule is O=c1ossso1. The summed E-state index contributed by atoms with van der Waals surface area (Å²) < 4.78 is 8.55. The van der Waals surface area contributed by atoms with Gasteiger partial charge in [-0.15, -0.1) is 0 Å². The first kappa shape index (κ1) is 5.07. The predicted octanol–water partition coefficient (Wildman–Crippen LogP) is 1.54. The molecule has 0 aromatic carbocycles. The number of hydrogen-bond donors (Lipinski definition) is 0. The van der Waals surface area contributed by atoms with Crippen LogP contribution in [0.1, 0.15) is 0 Å². The highest BCUT2D eigenvalue weighted by Crippen LogP contribution is 2.05. The molecule has 0 amide bonds. The first-order valence-corrected chi connectivity index (χ1v) is 4.61. The Bertz CT molecular complexity index is 176. The van der Waals surface area contributed by atoms with Gasteiger partial charge in [0, 0.05) is 0 Å². The van der Waals surface area contributed by atoms with Gasteiger partial charge < -0.3 is 7.70 Å².